The highest BCUT2D eigenvalue weighted by molar-refractivity contribution is 7.89. The molecule has 7 heteroatoms. The molecule has 1 N–H and O–H groups in total. The number of nitrogens with zero attached hydrogens (tertiary/aromatic N) is 2. The first-order valence-corrected chi connectivity index (χ1v) is 11.2. The first-order valence-electron chi connectivity index (χ1n) is 9.72. The number of amides is 1. The molecule has 0 spiro atoms. The Bertz CT molecular complexity index is 671. The van der Waals surface area contributed by atoms with Gasteiger partial charge in [-0.15, -0.1) is 0 Å². The van der Waals surface area contributed by atoms with Crippen molar-refractivity contribution in [2.45, 2.75) is 46.4 Å². The normalized spacial score (nSPS) is 12.4. The molecule has 0 saturated heterocycles. The standard InChI is InChI=1S/C20H35N3O3S/c1-7-23(8-2)27(25,26)19-11-9-18(10-12-19)21-20(24)15-22(13-16(3)4)14-17(5)6/h9-12,16-17H,7-8,13-15H2,1-6H3,(H,21,24). The highest BCUT2D eigenvalue weighted by Gasteiger charge is 2.21. The number of sulfonamides is 1. The third-order valence-electron chi connectivity index (χ3n) is 4.10. The monoisotopic (exact) mass is 397 g/mol. The van der Waals surface area contributed by atoms with Crippen LogP contribution in [-0.4, -0.2) is 56.3 Å². The van der Waals surface area contributed by atoms with E-state index < -0.39 is 10.0 Å². The summed E-state index contributed by atoms with van der Waals surface area (Å²) in [5.41, 5.74) is 0.604. The van der Waals surface area contributed by atoms with Gasteiger partial charge in [-0.05, 0) is 36.1 Å². The van der Waals surface area contributed by atoms with Crippen molar-refractivity contribution in [2.24, 2.45) is 11.8 Å². The molecule has 0 aliphatic rings. The van der Waals surface area contributed by atoms with Gasteiger partial charge >= 0.3 is 0 Å². The van der Waals surface area contributed by atoms with E-state index in [9.17, 15) is 13.2 Å². The summed E-state index contributed by atoms with van der Waals surface area (Å²) >= 11 is 0. The zero-order valence-corrected chi connectivity index (χ0v) is 18.3. The lowest BCUT2D eigenvalue weighted by Gasteiger charge is -2.25. The fourth-order valence-electron chi connectivity index (χ4n) is 3.06. The first-order chi connectivity index (χ1) is 12.6. The molecule has 0 heterocycles. The minimum Gasteiger partial charge on any atom is -0.325 e. The molecule has 1 rings (SSSR count). The Balaban J connectivity index is 2.78. The van der Waals surface area contributed by atoms with Crippen LogP contribution in [0.15, 0.2) is 29.2 Å². The van der Waals surface area contributed by atoms with E-state index in [0.29, 0.717) is 37.2 Å². The quantitative estimate of drug-likeness (QED) is 0.622. The first kappa shape index (κ1) is 23.6. The number of rotatable bonds is 11. The highest BCUT2D eigenvalue weighted by atomic mass is 32.2. The molecule has 1 aromatic rings. The van der Waals surface area contributed by atoms with Gasteiger partial charge in [-0.1, -0.05) is 41.5 Å². The average molecular weight is 398 g/mol. The van der Waals surface area contributed by atoms with Crippen LogP contribution in [0.25, 0.3) is 0 Å². The van der Waals surface area contributed by atoms with E-state index in [0.717, 1.165) is 13.1 Å². The molecule has 0 aliphatic carbocycles. The number of hydrogen-bond donors (Lipinski definition) is 1. The zero-order chi connectivity index (χ0) is 20.6. The maximum atomic E-state index is 12.5. The molecule has 6 nitrogen and oxygen atoms in total. The molecule has 0 fully saturated rings. The summed E-state index contributed by atoms with van der Waals surface area (Å²) in [5, 5.41) is 2.87. The smallest absolute Gasteiger partial charge is 0.243 e. The van der Waals surface area contributed by atoms with Gasteiger partial charge in [0.2, 0.25) is 15.9 Å². The van der Waals surface area contributed by atoms with Crippen LogP contribution >= 0.6 is 0 Å². The SMILES string of the molecule is CCN(CC)S(=O)(=O)c1ccc(NC(=O)CN(CC(C)C)CC(C)C)cc1. The van der Waals surface area contributed by atoms with Gasteiger partial charge in [0.05, 0.1) is 11.4 Å². The van der Waals surface area contributed by atoms with Crippen molar-refractivity contribution in [1.82, 2.24) is 9.21 Å². The molecule has 0 bridgehead atoms. The van der Waals surface area contributed by atoms with Crippen molar-refractivity contribution in [3.05, 3.63) is 24.3 Å². The molecule has 0 aromatic heterocycles. The van der Waals surface area contributed by atoms with Gasteiger partial charge in [0, 0.05) is 31.9 Å². The van der Waals surface area contributed by atoms with E-state index in [4.69, 9.17) is 0 Å². The topological polar surface area (TPSA) is 69.7 Å². The minimum absolute atomic E-state index is 0.0874. The van der Waals surface area contributed by atoms with Crippen LogP contribution in [0.3, 0.4) is 0 Å². The highest BCUT2D eigenvalue weighted by Crippen LogP contribution is 2.18. The van der Waals surface area contributed by atoms with Crippen molar-refractivity contribution >= 4 is 21.6 Å². The largest absolute Gasteiger partial charge is 0.325 e. The lowest BCUT2D eigenvalue weighted by molar-refractivity contribution is -0.117. The third kappa shape index (κ3) is 7.60. The summed E-state index contributed by atoms with van der Waals surface area (Å²) in [6, 6.07) is 6.37. The Kier molecular flexibility index (Phi) is 9.42. The molecule has 0 unspecified atom stereocenters. The van der Waals surface area contributed by atoms with Crippen molar-refractivity contribution < 1.29 is 13.2 Å². The molecule has 1 aromatic carbocycles. The van der Waals surface area contributed by atoms with Gasteiger partial charge in [-0.25, -0.2) is 8.42 Å². The molecule has 0 atom stereocenters. The summed E-state index contributed by atoms with van der Waals surface area (Å²) < 4.78 is 26.4. The van der Waals surface area contributed by atoms with Crippen LogP contribution < -0.4 is 5.32 Å². The van der Waals surface area contributed by atoms with E-state index >= 15 is 0 Å². The molecule has 0 aliphatic heterocycles. The molecular formula is C20H35N3O3S. The molecule has 0 saturated carbocycles. The molecule has 0 radical (unpaired) electrons. The number of carbonyl (C=O) groups is 1. The van der Waals surface area contributed by atoms with E-state index in [1.54, 1.807) is 24.3 Å². The maximum absolute atomic E-state index is 12.5. The Morgan fingerprint density at radius 3 is 1.85 bits per heavy atom. The Hall–Kier alpha value is -1.44. The van der Waals surface area contributed by atoms with Crippen molar-refractivity contribution in [2.75, 3.05) is 38.0 Å². The Labute approximate surface area is 165 Å². The lowest BCUT2D eigenvalue weighted by atomic mass is 10.1. The summed E-state index contributed by atoms with van der Waals surface area (Å²) in [6.45, 7) is 15.1. The second kappa shape index (κ2) is 10.8. The van der Waals surface area contributed by atoms with Crippen molar-refractivity contribution in [3.8, 4) is 0 Å². The second-order valence-corrected chi connectivity index (χ2v) is 9.58. The van der Waals surface area contributed by atoms with E-state index in [1.165, 1.54) is 4.31 Å². The van der Waals surface area contributed by atoms with Crippen LogP contribution in [0.4, 0.5) is 5.69 Å². The third-order valence-corrected chi connectivity index (χ3v) is 6.16. The number of carbonyl (C=O) groups excluding carboxylic acids is 1. The summed E-state index contributed by atoms with van der Waals surface area (Å²) in [4.78, 5) is 14.8. The van der Waals surface area contributed by atoms with Crippen LogP contribution in [-0.2, 0) is 14.8 Å². The van der Waals surface area contributed by atoms with Gasteiger partial charge < -0.3 is 5.32 Å². The predicted molar refractivity (Wildman–Crippen MR) is 111 cm³/mol. The van der Waals surface area contributed by atoms with Crippen LogP contribution in [0.1, 0.15) is 41.5 Å². The number of anilines is 1. The lowest BCUT2D eigenvalue weighted by Crippen LogP contribution is -2.38. The molecule has 154 valence electrons. The van der Waals surface area contributed by atoms with Crippen LogP contribution in [0.5, 0.6) is 0 Å². The van der Waals surface area contributed by atoms with E-state index in [-0.39, 0.29) is 10.8 Å². The summed E-state index contributed by atoms with van der Waals surface area (Å²) in [7, 11) is -3.48. The van der Waals surface area contributed by atoms with Gasteiger partial charge in [0.15, 0.2) is 0 Å². The van der Waals surface area contributed by atoms with E-state index in [1.807, 2.05) is 13.8 Å². The molecule has 27 heavy (non-hydrogen) atoms. The summed E-state index contributed by atoms with van der Waals surface area (Å²) in [6.07, 6.45) is 0. The number of benzene rings is 1. The predicted octanol–water partition coefficient (Wildman–Crippen LogP) is 3.27. The summed E-state index contributed by atoms with van der Waals surface area (Å²) in [5.74, 6) is 0.887. The fraction of sp³-hybridized carbons (Fsp3) is 0.650. The van der Waals surface area contributed by atoms with Crippen LogP contribution in [0, 0.1) is 11.8 Å². The Morgan fingerprint density at radius 2 is 1.44 bits per heavy atom. The molecule has 1 amide bonds. The number of nitrogens with one attached hydrogen (secondary N) is 1. The van der Waals surface area contributed by atoms with E-state index in [2.05, 4.69) is 37.9 Å². The van der Waals surface area contributed by atoms with Gasteiger partial charge in [0.25, 0.3) is 0 Å². The van der Waals surface area contributed by atoms with Crippen molar-refractivity contribution in [3.63, 3.8) is 0 Å². The van der Waals surface area contributed by atoms with Crippen molar-refractivity contribution in [1.29, 1.82) is 0 Å². The second-order valence-electron chi connectivity index (χ2n) is 7.64. The van der Waals surface area contributed by atoms with Gasteiger partial charge in [-0.2, -0.15) is 4.31 Å². The average Bonchev–Trinajstić information content (AvgIpc) is 2.54. The Morgan fingerprint density at radius 1 is 0.963 bits per heavy atom. The number of hydrogen-bond acceptors (Lipinski definition) is 4. The minimum atomic E-state index is -3.48. The van der Waals surface area contributed by atoms with Gasteiger partial charge in [0.1, 0.15) is 0 Å². The van der Waals surface area contributed by atoms with Crippen LogP contribution in [0.2, 0.25) is 0 Å². The molecular weight excluding hydrogens is 362 g/mol. The fourth-order valence-corrected chi connectivity index (χ4v) is 4.52. The van der Waals surface area contributed by atoms with Gasteiger partial charge in [-0.3, -0.25) is 9.69 Å². The zero-order valence-electron chi connectivity index (χ0n) is 17.5. The maximum Gasteiger partial charge on any atom is 0.243 e.